The number of hydrogen-bond donors (Lipinski definition) is 2. The molecule has 11 rings (SSSR count). The van der Waals surface area contributed by atoms with E-state index in [1.54, 1.807) is 24.3 Å². The third-order valence-electron chi connectivity index (χ3n) is 11.3. The normalized spacial score (nSPS) is 13.8. The van der Waals surface area contributed by atoms with E-state index in [4.69, 9.17) is 13.3 Å². The van der Waals surface area contributed by atoms with Crippen LogP contribution in [0.2, 0.25) is 0 Å². The summed E-state index contributed by atoms with van der Waals surface area (Å²) in [5.41, 5.74) is 13.3. The minimum atomic E-state index is -0.461. The third-order valence-corrected chi connectivity index (χ3v) is 11.3. The number of fused-ring (bicyclic) bond motifs is 9. The van der Waals surface area contributed by atoms with Crippen LogP contribution >= 0.6 is 0 Å². The number of rotatable bonds is 3. The van der Waals surface area contributed by atoms with Crippen LogP contribution in [0, 0.1) is 6.92 Å². The Bertz CT molecular complexity index is 2920. The lowest BCUT2D eigenvalue weighted by Crippen LogP contribution is -2.10. The molecule has 0 bridgehead atoms. The van der Waals surface area contributed by atoms with Gasteiger partial charge in [0.1, 0.15) is 39.6 Å². The van der Waals surface area contributed by atoms with Crippen LogP contribution in [0.3, 0.4) is 0 Å². The molecule has 9 aromatic rings. The number of aryl methyl sites for hydroxylation is 2. The number of phenolic OH excluding ortho intramolecular Hbond substituents is 1. The first kappa shape index (κ1) is 43.5. The molecule has 2 aliphatic rings. The number of benzene rings is 6. The van der Waals surface area contributed by atoms with Crippen LogP contribution in [-0.2, 0) is 12.8 Å². The average Bonchev–Trinajstić information content (AvgIpc) is 4.00. The van der Waals surface area contributed by atoms with E-state index in [0.717, 1.165) is 85.1 Å². The molecule has 6 aromatic carbocycles. The summed E-state index contributed by atoms with van der Waals surface area (Å²) in [6.07, 6.45) is 9.36. The lowest BCUT2D eigenvalue weighted by molar-refractivity contribution is 0.222. The molecule has 0 aliphatic heterocycles. The highest BCUT2D eigenvalue weighted by molar-refractivity contribution is 6.07. The first-order chi connectivity index (χ1) is 30.2. The molecule has 316 valence electrons. The molecule has 0 saturated carbocycles. The van der Waals surface area contributed by atoms with Crippen molar-refractivity contribution >= 4 is 55.5 Å². The lowest BCUT2D eigenvalue weighted by atomic mass is 9.91. The predicted octanol–water partition coefficient (Wildman–Crippen LogP) is 16.0. The molecule has 3 heterocycles. The number of aliphatic hydroxyl groups is 1. The van der Waals surface area contributed by atoms with Gasteiger partial charge in [-0.3, -0.25) is 0 Å². The summed E-state index contributed by atoms with van der Waals surface area (Å²) in [4.78, 5) is 0. The number of furan rings is 3. The van der Waals surface area contributed by atoms with Gasteiger partial charge in [0.05, 0.1) is 6.10 Å². The lowest BCUT2D eigenvalue weighted by Gasteiger charge is -2.12. The monoisotopic (exact) mass is 822 g/mol. The van der Waals surface area contributed by atoms with Gasteiger partial charge in [0.25, 0.3) is 0 Å². The number of hydrogen-bond acceptors (Lipinski definition) is 5. The van der Waals surface area contributed by atoms with Crippen LogP contribution < -0.4 is 0 Å². The highest BCUT2D eigenvalue weighted by Crippen LogP contribution is 2.41. The van der Waals surface area contributed by atoms with Gasteiger partial charge in [0, 0.05) is 51.4 Å². The Morgan fingerprint density at radius 2 is 1.29 bits per heavy atom. The second-order valence-corrected chi connectivity index (χ2v) is 15.8. The maximum atomic E-state index is 10.1. The van der Waals surface area contributed by atoms with Gasteiger partial charge >= 0.3 is 0 Å². The largest absolute Gasteiger partial charge is 0.508 e. The first-order valence-corrected chi connectivity index (χ1v) is 22.1. The third kappa shape index (κ3) is 9.19. The molecule has 0 fully saturated rings. The summed E-state index contributed by atoms with van der Waals surface area (Å²) in [5, 5.41) is 23.9. The zero-order chi connectivity index (χ0) is 43.8. The average molecular weight is 823 g/mol. The van der Waals surface area contributed by atoms with Gasteiger partial charge < -0.3 is 23.5 Å². The van der Waals surface area contributed by atoms with E-state index in [2.05, 4.69) is 119 Å². The summed E-state index contributed by atoms with van der Waals surface area (Å²) < 4.78 is 17.9. The second kappa shape index (κ2) is 19.9. The Morgan fingerprint density at radius 3 is 1.98 bits per heavy atom. The fourth-order valence-electron chi connectivity index (χ4n) is 8.40. The summed E-state index contributed by atoms with van der Waals surface area (Å²) in [6, 6.07) is 45.0. The molecule has 0 spiro atoms. The van der Waals surface area contributed by atoms with Crippen molar-refractivity contribution in [3.8, 4) is 16.9 Å². The minimum absolute atomic E-state index is 0.272. The quantitative estimate of drug-likeness (QED) is 0.186. The maximum absolute atomic E-state index is 10.1. The van der Waals surface area contributed by atoms with Crippen molar-refractivity contribution in [1.82, 2.24) is 0 Å². The molecule has 2 aliphatic carbocycles. The van der Waals surface area contributed by atoms with Crippen LogP contribution in [0.1, 0.15) is 99.6 Å². The van der Waals surface area contributed by atoms with E-state index in [1.807, 2.05) is 57.2 Å². The molecule has 0 radical (unpaired) electrons. The highest BCUT2D eigenvalue weighted by atomic mass is 16.3. The van der Waals surface area contributed by atoms with E-state index in [-0.39, 0.29) is 5.75 Å². The van der Waals surface area contributed by atoms with Crippen LogP contribution in [0.15, 0.2) is 159 Å². The van der Waals surface area contributed by atoms with Crippen molar-refractivity contribution in [3.63, 3.8) is 0 Å². The van der Waals surface area contributed by atoms with Crippen LogP contribution in [0.5, 0.6) is 5.75 Å². The van der Waals surface area contributed by atoms with Crippen molar-refractivity contribution in [1.29, 1.82) is 0 Å². The number of phenols is 1. The molecule has 5 heteroatoms. The summed E-state index contributed by atoms with van der Waals surface area (Å²) >= 11 is 0. The van der Waals surface area contributed by atoms with Crippen molar-refractivity contribution in [2.45, 2.75) is 86.2 Å². The second-order valence-electron chi connectivity index (χ2n) is 15.8. The van der Waals surface area contributed by atoms with Crippen molar-refractivity contribution in [2.75, 3.05) is 0 Å². The number of allylic oxidation sites excluding steroid dienone is 2. The van der Waals surface area contributed by atoms with Gasteiger partial charge in [-0.1, -0.05) is 144 Å². The molecular weight excluding hydrogens is 765 g/mol. The van der Waals surface area contributed by atoms with E-state index in [9.17, 15) is 10.2 Å². The highest BCUT2D eigenvalue weighted by Gasteiger charge is 2.23. The fourth-order valence-corrected chi connectivity index (χ4v) is 8.40. The standard InChI is InChI=1S/C25H20O3.C14H14.C13H10O2.C3H8.C2H6/c1-14-4-2-6-22-24(14)18-12-15(8-10-20(18)27-22)17-5-3-7-23-25(17)19-13-16(26)9-11-21(19)28-23;1-12(13-8-4-2-5-9-13)14-10-6-3-7-11-14;1-8-3-2-4-12-13(8)10-7-9(14)5-6-11(10)15-12;1-3-2;1-2/h3-5,7-12,16,26H,2,6,13H2,1H3;2-12H,1H3;2-7,14H,1H3;3H2,1-2H3;1-2H3. The van der Waals surface area contributed by atoms with E-state index in [1.165, 1.54) is 34.1 Å². The van der Waals surface area contributed by atoms with Crippen LogP contribution in [-0.4, -0.2) is 16.3 Å². The summed E-state index contributed by atoms with van der Waals surface area (Å²) in [7, 11) is 0. The summed E-state index contributed by atoms with van der Waals surface area (Å²) in [6.45, 7) is 14.7. The van der Waals surface area contributed by atoms with E-state index in [0.29, 0.717) is 12.3 Å². The van der Waals surface area contributed by atoms with E-state index < -0.39 is 6.10 Å². The molecule has 1 atom stereocenters. The summed E-state index contributed by atoms with van der Waals surface area (Å²) in [5.74, 6) is 2.71. The Labute approximate surface area is 365 Å². The zero-order valence-corrected chi connectivity index (χ0v) is 37.0. The molecule has 0 amide bonds. The van der Waals surface area contributed by atoms with Gasteiger partial charge in [0.15, 0.2) is 0 Å². The minimum Gasteiger partial charge on any atom is -0.508 e. The van der Waals surface area contributed by atoms with Gasteiger partial charge in [-0.2, -0.15) is 0 Å². The van der Waals surface area contributed by atoms with E-state index >= 15 is 0 Å². The van der Waals surface area contributed by atoms with Crippen molar-refractivity contribution < 1.29 is 23.5 Å². The molecule has 62 heavy (non-hydrogen) atoms. The van der Waals surface area contributed by atoms with Crippen LogP contribution in [0.25, 0.3) is 66.7 Å². The molecule has 0 saturated heterocycles. The molecule has 2 N–H and O–H groups in total. The predicted molar refractivity (Wildman–Crippen MR) is 260 cm³/mol. The smallest absolute Gasteiger partial charge is 0.135 e. The molecular formula is C57H58O5. The first-order valence-electron chi connectivity index (χ1n) is 22.1. The molecule has 3 aromatic heterocycles. The topological polar surface area (TPSA) is 79.9 Å². The van der Waals surface area contributed by atoms with Crippen LogP contribution in [0.4, 0.5) is 0 Å². The Balaban J connectivity index is 0.000000144. The Hall–Kier alpha value is -6.56. The van der Waals surface area contributed by atoms with Gasteiger partial charge in [-0.05, 0) is 102 Å². The van der Waals surface area contributed by atoms with Gasteiger partial charge in [-0.15, -0.1) is 0 Å². The number of aromatic hydroxyl groups is 1. The van der Waals surface area contributed by atoms with Gasteiger partial charge in [-0.25, -0.2) is 0 Å². The molecule has 5 nitrogen and oxygen atoms in total. The Kier molecular flexibility index (Phi) is 14.0. The van der Waals surface area contributed by atoms with Crippen molar-refractivity contribution in [3.05, 3.63) is 185 Å². The fraction of sp³-hybridized carbons (Fsp3) is 0.228. The number of aliphatic hydroxyl groups excluding tert-OH is 1. The maximum Gasteiger partial charge on any atom is 0.135 e. The Morgan fingerprint density at radius 1 is 0.661 bits per heavy atom. The molecule has 1 unspecified atom stereocenters. The van der Waals surface area contributed by atoms with Gasteiger partial charge in [0.2, 0.25) is 0 Å². The SMILES string of the molecule is CC.CC(c1ccccc1)c1ccccc1.CC1=CCCc2oc3ccc(-c4cccc5oc6c(c45)CC(O)C=C6)cc3c21.CCC.Cc1cccc2oc3ccc(O)cc3c12. The zero-order valence-electron chi connectivity index (χ0n) is 37.0. The van der Waals surface area contributed by atoms with Crippen molar-refractivity contribution in [2.24, 2.45) is 0 Å².